The molecule has 1 fully saturated rings. The first-order chi connectivity index (χ1) is 19.2. The molecule has 218 valence electrons. The number of carbonyl (C=O) groups is 3. The molecule has 0 unspecified atom stereocenters. The van der Waals surface area contributed by atoms with Gasteiger partial charge in [-0.1, -0.05) is 55.2 Å². The van der Waals surface area contributed by atoms with Crippen LogP contribution in [0.1, 0.15) is 59.2 Å². The van der Waals surface area contributed by atoms with Crippen LogP contribution in [-0.4, -0.2) is 41.6 Å². The maximum absolute atomic E-state index is 13.5. The Kier molecular flexibility index (Phi) is 12.7. The molecule has 0 aromatic heterocycles. The molecule has 0 aliphatic heterocycles. The topological polar surface area (TPSA) is 147 Å². The van der Waals surface area contributed by atoms with Crippen molar-refractivity contribution in [2.75, 3.05) is 17.7 Å². The van der Waals surface area contributed by atoms with Crippen molar-refractivity contribution in [3.63, 3.8) is 0 Å². The number of carbonyl (C=O) groups excluding carboxylic acids is 2. The van der Waals surface area contributed by atoms with Gasteiger partial charge in [-0.2, -0.15) is 0 Å². The molecule has 0 radical (unpaired) electrons. The Morgan fingerprint density at radius 1 is 0.857 bits per heavy atom. The van der Waals surface area contributed by atoms with Crippen LogP contribution in [0.25, 0.3) is 11.1 Å². The second kappa shape index (κ2) is 15.5. The van der Waals surface area contributed by atoms with Crippen molar-refractivity contribution in [2.24, 2.45) is 5.92 Å². The number of aryl methyl sites for hydroxylation is 3. The minimum atomic E-state index is -1.05. The molecular formula is C32H38LiN3O6. The van der Waals surface area contributed by atoms with Crippen LogP contribution in [-0.2, 0) is 4.79 Å². The zero-order chi connectivity index (χ0) is 28.8. The molecule has 1 saturated carbocycles. The summed E-state index contributed by atoms with van der Waals surface area (Å²) in [6.07, 6.45) is 4.50. The van der Waals surface area contributed by atoms with Crippen molar-refractivity contribution in [1.29, 1.82) is 0 Å². The Labute approximate surface area is 258 Å². The average molecular weight is 568 g/mol. The number of methoxy groups -OCH3 is 1. The van der Waals surface area contributed by atoms with E-state index in [2.05, 4.69) is 16.0 Å². The summed E-state index contributed by atoms with van der Waals surface area (Å²) in [5.74, 6) is -1.00. The maximum Gasteiger partial charge on any atom is 1.00 e. The molecule has 0 saturated heterocycles. The number of amides is 3. The zero-order valence-corrected chi connectivity index (χ0v) is 24.9. The number of nitrogens with one attached hydrogen (secondary N) is 3. The van der Waals surface area contributed by atoms with Gasteiger partial charge in [-0.15, -0.1) is 0 Å². The number of rotatable bonds is 8. The fourth-order valence-electron chi connectivity index (χ4n) is 5.52. The number of hydrogen-bond donors (Lipinski definition) is 4. The number of anilines is 2. The Bertz CT molecular complexity index is 1380. The molecule has 3 amide bonds. The summed E-state index contributed by atoms with van der Waals surface area (Å²) < 4.78 is 5.26. The van der Waals surface area contributed by atoms with Crippen LogP contribution < -0.4 is 39.5 Å². The van der Waals surface area contributed by atoms with Crippen molar-refractivity contribution < 1.29 is 48.6 Å². The molecule has 0 bridgehead atoms. The minimum Gasteiger partial charge on any atom is -0.870 e. The number of carboxylic acid groups (broad SMARTS) is 1. The Balaban J connectivity index is 0.00000308. The Morgan fingerprint density at radius 2 is 1.45 bits per heavy atom. The van der Waals surface area contributed by atoms with Gasteiger partial charge in [0, 0.05) is 5.69 Å². The number of urea groups is 1. The van der Waals surface area contributed by atoms with Crippen LogP contribution in [0.5, 0.6) is 5.75 Å². The summed E-state index contributed by atoms with van der Waals surface area (Å²) in [6.45, 7) is 5.85. The van der Waals surface area contributed by atoms with E-state index in [1.54, 1.807) is 25.3 Å². The number of hydrogen-bond acceptors (Lipinski definition) is 5. The van der Waals surface area contributed by atoms with Gasteiger partial charge in [0.05, 0.1) is 18.4 Å². The third kappa shape index (κ3) is 8.38. The Morgan fingerprint density at radius 3 is 2.02 bits per heavy atom. The minimum absolute atomic E-state index is 0. The first kappa shape index (κ1) is 34.4. The summed E-state index contributed by atoms with van der Waals surface area (Å²) in [6, 6.07) is 15.1. The summed E-state index contributed by atoms with van der Waals surface area (Å²) in [4.78, 5) is 38.8. The SMILES string of the molecule is COc1ccc(-c2ccc(C(=O)N[C@H](C(=O)O)C3CCCCC3)c(NC(=O)Nc3c(C)cc(C)cc3C)c2)cc1.[Li+].[OH-]. The second-order valence-electron chi connectivity index (χ2n) is 10.5. The van der Waals surface area contributed by atoms with Gasteiger partial charge in [-0.3, -0.25) is 4.79 Å². The molecule has 1 atom stereocenters. The average Bonchev–Trinajstić information content (AvgIpc) is 2.94. The zero-order valence-electron chi connectivity index (χ0n) is 24.9. The van der Waals surface area contributed by atoms with Gasteiger partial charge in [0.25, 0.3) is 5.91 Å². The standard InChI is InChI=1S/C32H37N3O5.Li.H2O/c1-19-16-20(2)28(21(3)17-19)35-32(39)33-27-18-24(22-10-13-25(40-4)14-11-22)12-15-26(27)30(36)34-29(31(37)38)23-8-6-5-7-9-23;;/h10-18,23,29H,5-9H2,1-4H3,(H,34,36)(H,37,38)(H2,33,35,39);;1H2/q;+1;/p-1/t29-;;/m0../s1. The van der Waals surface area contributed by atoms with Gasteiger partial charge in [0.1, 0.15) is 11.8 Å². The van der Waals surface area contributed by atoms with Crippen LogP contribution in [0, 0.1) is 26.7 Å². The van der Waals surface area contributed by atoms with E-state index < -0.39 is 23.9 Å². The van der Waals surface area contributed by atoms with E-state index >= 15 is 0 Å². The van der Waals surface area contributed by atoms with Gasteiger partial charge < -0.3 is 31.3 Å². The number of aliphatic carboxylic acids is 1. The molecule has 0 heterocycles. The fourth-order valence-corrected chi connectivity index (χ4v) is 5.52. The van der Waals surface area contributed by atoms with Gasteiger partial charge in [0.15, 0.2) is 0 Å². The summed E-state index contributed by atoms with van der Waals surface area (Å²) in [7, 11) is 1.60. The molecule has 42 heavy (non-hydrogen) atoms. The summed E-state index contributed by atoms with van der Waals surface area (Å²) in [5, 5.41) is 18.4. The van der Waals surface area contributed by atoms with Crippen molar-refractivity contribution in [3.8, 4) is 16.9 Å². The van der Waals surface area contributed by atoms with Crippen LogP contribution in [0.15, 0.2) is 54.6 Å². The predicted molar refractivity (Wildman–Crippen MR) is 159 cm³/mol. The van der Waals surface area contributed by atoms with Crippen LogP contribution in [0.3, 0.4) is 0 Å². The number of benzene rings is 3. The van der Waals surface area contributed by atoms with Gasteiger partial charge in [-0.25, -0.2) is 9.59 Å². The van der Waals surface area contributed by atoms with Crippen LogP contribution in [0.4, 0.5) is 16.2 Å². The van der Waals surface area contributed by atoms with Crippen molar-refractivity contribution in [3.05, 3.63) is 76.9 Å². The van der Waals surface area contributed by atoms with Gasteiger partial charge >= 0.3 is 30.9 Å². The van der Waals surface area contributed by atoms with E-state index in [1.807, 2.05) is 57.2 Å². The molecule has 1 aliphatic carbocycles. The van der Waals surface area contributed by atoms with E-state index in [-0.39, 0.29) is 41.5 Å². The first-order valence-corrected chi connectivity index (χ1v) is 13.6. The molecule has 9 nitrogen and oxygen atoms in total. The van der Waals surface area contributed by atoms with Crippen LogP contribution >= 0.6 is 0 Å². The largest absolute Gasteiger partial charge is 1.00 e. The van der Waals surface area contributed by atoms with E-state index in [0.29, 0.717) is 11.4 Å². The first-order valence-electron chi connectivity index (χ1n) is 13.6. The summed E-state index contributed by atoms with van der Waals surface area (Å²) in [5.41, 5.74) is 5.75. The molecular weight excluding hydrogens is 529 g/mol. The third-order valence-electron chi connectivity index (χ3n) is 7.53. The second-order valence-corrected chi connectivity index (χ2v) is 10.5. The van der Waals surface area contributed by atoms with Crippen molar-refractivity contribution in [2.45, 2.75) is 58.9 Å². The van der Waals surface area contributed by atoms with Gasteiger partial charge in [0.2, 0.25) is 0 Å². The third-order valence-corrected chi connectivity index (χ3v) is 7.53. The van der Waals surface area contributed by atoms with E-state index in [4.69, 9.17) is 4.74 Å². The van der Waals surface area contributed by atoms with E-state index in [1.165, 1.54) is 0 Å². The van der Waals surface area contributed by atoms with Gasteiger partial charge in [-0.05, 0) is 86.1 Å². The molecule has 3 aromatic carbocycles. The molecule has 10 heteroatoms. The maximum atomic E-state index is 13.5. The Hall–Kier alpha value is -3.77. The van der Waals surface area contributed by atoms with Crippen molar-refractivity contribution in [1.82, 2.24) is 5.32 Å². The predicted octanol–water partition coefficient (Wildman–Crippen LogP) is 3.52. The fraction of sp³-hybridized carbons (Fsp3) is 0.344. The molecule has 3 aromatic rings. The van der Waals surface area contributed by atoms with Crippen LogP contribution in [0.2, 0.25) is 0 Å². The summed E-state index contributed by atoms with van der Waals surface area (Å²) >= 11 is 0. The van der Waals surface area contributed by atoms with Crippen molar-refractivity contribution >= 4 is 29.3 Å². The smallest absolute Gasteiger partial charge is 0.870 e. The number of ether oxygens (including phenoxy) is 1. The quantitative estimate of drug-likeness (QED) is 0.306. The molecule has 0 spiro atoms. The number of carboxylic acids is 1. The molecule has 4 rings (SSSR count). The normalized spacial score (nSPS) is 13.5. The monoisotopic (exact) mass is 567 g/mol. The molecule has 1 aliphatic rings. The molecule has 5 N–H and O–H groups in total. The van der Waals surface area contributed by atoms with E-state index in [9.17, 15) is 19.5 Å². The van der Waals surface area contributed by atoms with E-state index in [0.717, 1.165) is 59.9 Å².